The van der Waals surface area contributed by atoms with Crippen molar-refractivity contribution in [2.75, 3.05) is 23.7 Å². The van der Waals surface area contributed by atoms with Crippen LogP contribution in [0.25, 0.3) is 0 Å². The minimum Gasteiger partial charge on any atom is -0.385 e. The van der Waals surface area contributed by atoms with Crippen LogP contribution in [0.4, 0.5) is 17.3 Å². The second kappa shape index (κ2) is 17.0. The zero-order valence-corrected chi connectivity index (χ0v) is 25.1. The highest BCUT2D eigenvalue weighted by Gasteiger charge is 2.27. The average molecular weight is 589 g/mol. The quantitative estimate of drug-likeness (QED) is 0.102. The normalized spacial score (nSPS) is 14.8. The van der Waals surface area contributed by atoms with Gasteiger partial charge in [-0.15, -0.1) is 0 Å². The first-order chi connectivity index (χ1) is 21.0. The maximum Gasteiger partial charge on any atom is 0.234 e. The third kappa shape index (κ3) is 11.1. The van der Waals surface area contributed by atoms with Gasteiger partial charge in [-0.25, -0.2) is 9.97 Å². The fraction of sp³-hybridized carbons (Fsp3) is 0.500. The van der Waals surface area contributed by atoms with Gasteiger partial charge in [0.15, 0.2) is 5.82 Å². The van der Waals surface area contributed by atoms with Gasteiger partial charge in [0.2, 0.25) is 17.7 Å². The summed E-state index contributed by atoms with van der Waals surface area (Å²) in [5.74, 6) is 0.930. The number of unbranched alkanes of at least 4 members (excludes halogenated alkanes) is 6. The minimum atomic E-state index is -0.239. The van der Waals surface area contributed by atoms with Gasteiger partial charge in [-0.05, 0) is 63.1 Å². The molecule has 4 rings (SSSR count). The minimum absolute atomic E-state index is 0.121. The number of benzene rings is 1. The number of H-pyrrole nitrogens is 1. The van der Waals surface area contributed by atoms with E-state index < -0.39 is 0 Å². The summed E-state index contributed by atoms with van der Waals surface area (Å²) in [6.07, 6.45) is 12.3. The first kappa shape index (κ1) is 31.7. The number of nitrogens with zero attached hydrogens (tertiary/aromatic N) is 3. The van der Waals surface area contributed by atoms with Crippen LogP contribution in [0.15, 0.2) is 42.7 Å². The molecule has 1 aliphatic heterocycles. The molecule has 3 amide bonds. The van der Waals surface area contributed by atoms with E-state index in [2.05, 4.69) is 41.4 Å². The molecule has 0 saturated carbocycles. The third-order valence-corrected chi connectivity index (χ3v) is 7.58. The number of carbonyl (C=O) groups is 3. The molecule has 1 aromatic carbocycles. The summed E-state index contributed by atoms with van der Waals surface area (Å²) in [6.45, 7) is 3.59. The predicted octanol–water partition coefficient (Wildman–Crippen LogP) is 5.05. The summed E-state index contributed by atoms with van der Waals surface area (Å²) in [4.78, 5) is 44.1. The van der Waals surface area contributed by atoms with Crippen LogP contribution in [0.3, 0.4) is 0 Å². The lowest BCUT2D eigenvalue weighted by Gasteiger charge is -2.21. The molecule has 230 valence electrons. The van der Waals surface area contributed by atoms with Crippen LogP contribution in [0.1, 0.15) is 93.5 Å². The van der Waals surface area contributed by atoms with Crippen molar-refractivity contribution >= 4 is 35.0 Å². The second-order valence-electron chi connectivity index (χ2n) is 11.2. The molecule has 0 radical (unpaired) electrons. The van der Waals surface area contributed by atoms with Crippen molar-refractivity contribution < 1.29 is 14.4 Å². The summed E-state index contributed by atoms with van der Waals surface area (Å²) >= 11 is 0. The molecule has 11 heteroatoms. The summed E-state index contributed by atoms with van der Waals surface area (Å²) in [5.41, 5.74) is 3.92. The second-order valence-corrected chi connectivity index (χ2v) is 11.2. The van der Waals surface area contributed by atoms with Gasteiger partial charge in [-0.3, -0.25) is 24.8 Å². The molecule has 11 nitrogen and oxygen atoms in total. The third-order valence-electron chi connectivity index (χ3n) is 7.58. The van der Waals surface area contributed by atoms with E-state index in [0.717, 1.165) is 80.1 Å². The number of aryl methyl sites for hydroxylation is 2. The molecule has 1 atom stereocenters. The monoisotopic (exact) mass is 588 g/mol. The number of rotatable bonds is 18. The molecule has 3 heterocycles. The maximum atomic E-state index is 12.2. The number of aromatic amines is 1. The number of aromatic nitrogens is 4. The lowest BCUT2D eigenvalue weighted by molar-refractivity contribution is -0.134. The van der Waals surface area contributed by atoms with Gasteiger partial charge in [0, 0.05) is 55.1 Å². The molecule has 1 unspecified atom stereocenters. The Morgan fingerprint density at radius 3 is 2.42 bits per heavy atom. The Morgan fingerprint density at radius 2 is 1.67 bits per heavy atom. The Hall–Kier alpha value is -4.28. The van der Waals surface area contributed by atoms with Gasteiger partial charge in [0.25, 0.3) is 0 Å². The number of carbonyl (C=O) groups excluding carboxylic acids is 3. The molecule has 1 aliphatic rings. The Morgan fingerprint density at radius 1 is 0.907 bits per heavy atom. The first-order valence-corrected chi connectivity index (χ1v) is 15.5. The number of anilines is 3. The molecular formula is C32H44N8O3. The topological polar surface area (TPSA) is 154 Å². The number of amides is 3. The zero-order chi connectivity index (χ0) is 30.3. The Balaban J connectivity index is 0.955. The van der Waals surface area contributed by atoms with Crippen molar-refractivity contribution in [3.63, 3.8) is 0 Å². The molecule has 43 heavy (non-hydrogen) atoms. The van der Waals surface area contributed by atoms with E-state index in [-0.39, 0.29) is 23.6 Å². The zero-order valence-electron chi connectivity index (χ0n) is 25.1. The molecule has 0 bridgehead atoms. The molecule has 0 aliphatic carbocycles. The summed E-state index contributed by atoms with van der Waals surface area (Å²) in [5, 5.41) is 19.1. The fourth-order valence-electron chi connectivity index (χ4n) is 5.16. The molecule has 3 aromatic rings. The maximum absolute atomic E-state index is 12.2. The summed E-state index contributed by atoms with van der Waals surface area (Å²) in [6, 6.07) is 11.8. The summed E-state index contributed by atoms with van der Waals surface area (Å²) in [7, 11) is 0. The van der Waals surface area contributed by atoms with Crippen molar-refractivity contribution in [1.29, 1.82) is 0 Å². The van der Waals surface area contributed by atoms with Crippen molar-refractivity contribution in [3.8, 4) is 0 Å². The first-order valence-electron chi connectivity index (χ1n) is 15.5. The van der Waals surface area contributed by atoms with Crippen LogP contribution < -0.4 is 21.3 Å². The molecule has 0 spiro atoms. The molecule has 5 N–H and O–H groups in total. The van der Waals surface area contributed by atoms with Crippen LogP contribution in [0, 0.1) is 6.92 Å². The van der Waals surface area contributed by atoms with E-state index in [1.165, 1.54) is 19.3 Å². The Bertz CT molecular complexity index is 1320. The molecule has 1 fully saturated rings. The van der Waals surface area contributed by atoms with Gasteiger partial charge < -0.3 is 16.0 Å². The highest BCUT2D eigenvalue weighted by atomic mass is 16.2. The van der Waals surface area contributed by atoms with Crippen molar-refractivity contribution in [3.05, 3.63) is 59.7 Å². The predicted molar refractivity (Wildman–Crippen MR) is 167 cm³/mol. The van der Waals surface area contributed by atoms with Crippen LogP contribution in [0.2, 0.25) is 0 Å². The van der Waals surface area contributed by atoms with Gasteiger partial charge in [-0.1, -0.05) is 37.8 Å². The van der Waals surface area contributed by atoms with Crippen LogP contribution in [-0.4, -0.2) is 51.0 Å². The Labute approximate surface area is 253 Å². The van der Waals surface area contributed by atoms with E-state index >= 15 is 0 Å². The highest BCUT2D eigenvalue weighted by Crippen LogP contribution is 2.26. The van der Waals surface area contributed by atoms with E-state index in [1.54, 1.807) is 6.33 Å². The van der Waals surface area contributed by atoms with E-state index in [0.29, 0.717) is 25.1 Å². The van der Waals surface area contributed by atoms with Crippen LogP contribution in [0.5, 0.6) is 0 Å². The SMILES string of the molecule is Cc1cc(Nc2cc(CCCCC(=O)NCCCCCCCCNc3ccc(C4CCC(=O)NC4=O)cc3)ncn2)n[nH]1. The average Bonchev–Trinajstić information content (AvgIpc) is 3.41. The number of piperidine rings is 1. The fourth-order valence-corrected chi connectivity index (χ4v) is 5.16. The summed E-state index contributed by atoms with van der Waals surface area (Å²) < 4.78 is 0. The number of nitrogens with one attached hydrogen (secondary N) is 5. The van der Waals surface area contributed by atoms with Crippen molar-refractivity contribution in [2.24, 2.45) is 0 Å². The lowest BCUT2D eigenvalue weighted by Crippen LogP contribution is -2.39. The number of imide groups is 1. The van der Waals surface area contributed by atoms with Gasteiger partial charge in [0.1, 0.15) is 12.1 Å². The lowest BCUT2D eigenvalue weighted by atomic mass is 9.90. The smallest absolute Gasteiger partial charge is 0.234 e. The standard InChI is InChI=1S/C32H44N8O3/c1-23-20-29(40-39-23)37-28-21-26(35-22-36-28)10-6-7-11-30(41)34-19-9-5-3-2-4-8-18-33-25-14-12-24(13-15-25)27-16-17-31(42)38-32(27)43/h12-15,20-22,27,33H,2-11,16-19H2,1H3,(H,34,41)(H,38,42,43)(H2,35,36,37,39,40). The largest absolute Gasteiger partial charge is 0.385 e. The van der Waals surface area contributed by atoms with E-state index in [4.69, 9.17) is 0 Å². The Kier molecular flexibility index (Phi) is 12.5. The number of hydrogen-bond acceptors (Lipinski definition) is 8. The van der Waals surface area contributed by atoms with Gasteiger partial charge >= 0.3 is 0 Å². The molecule has 1 saturated heterocycles. The van der Waals surface area contributed by atoms with E-state index in [9.17, 15) is 14.4 Å². The van der Waals surface area contributed by atoms with Crippen LogP contribution in [-0.2, 0) is 20.8 Å². The molecule has 2 aromatic heterocycles. The highest BCUT2D eigenvalue weighted by molar-refractivity contribution is 6.00. The van der Waals surface area contributed by atoms with Crippen LogP contribution >= 0.6 is 0 Å². The van der Waals surface area contributed by atoms with Gasteiger partial charge in [0.05, 0.1) is 5.92 Å². The van der Waals surface area contributed by atoms with Crippen molar-refractivity contribution in [1.82, 2.24) is 30.8 Å². The van der Waals surface area contributed by atoms with Crippen molar-refractivity contribution in [2.45, 2.75) is 89.9 Å². The van der Waals surface area contributed by atoms with Gasteiger partial charge in [-0.2, -0.15) is 5.10 Å². The molecular weight excluding hydrogens is 544 g/mol. The number of hydrogen-bond donors (Lipinski definition) is 5. The van der Waals surface area contributed by atoms with E-state index in [1.807, 2.05) is 43.3 Å².